The van der Waals surface area contributed by atoms with Gasteiger partial charge in [-0.05, 0) is 37.6 Å². The summed E-state index contributed by atoms with van der Waals surface area (Å²) in [5.74, 6) is 0.0728. The van der Waals surface area contributed by atoms with Crippen LogP contribution < -0.4 is 10.2 Å². The second-order valence-electron chi connectivity index (χ2n) is 6.39. The molecule has 0 saturated carbocycles. The van der Waals surface area contributed by atoms with Crippen molar-refractivity contribution in [3.63, 3.8) is 0 Å². The van der Waals surface area contributed by atoms with E-state index in [4.69, 9.17) is 0 Å². The zero-order chi connectivity index (χ0) is 18.4. The summed E-state index contributed by atoms with van der Waals surface area (Å²) in [5.41, 5.74) is 4.52. The first-order chi connectivity index (χ1) is 12.7. The standard InChI is InChI=1S/C21H26N4O/c1-3-24(19-10-6-4-8-17(19)2)15-13-22-21(26)12-14-25-16-23-18-9-5-7-11-20(18)25/h4-11,16H,3,12-15H2,1-2H3,(H,22,26). The molecule has 0 bridgehead atoms. The summed E-state index contributed by atoms with van der Waals surface area (Å²) < 4.78 is 2.03. The number of carbonyl (C=O) groups excluding carboxylic acids is 1. The third kappa shape index (κ3) is 4.23. The highest BCUT2D eigenvalue weighted by molar-refractivity contribution is 5.77. The minimum absolute atomic E-state index is 0.0728. The third-order valence-corrected chi connectivity index (χ3v) is 4.65. The fourth-order valence-electron chi connectivity index (χ4n) is 3.20. The molecular weight excluding hydrogens is 324 g/mol. The first-order valence-corrected chi connectivity index (χ1v) is 9.16. The maximum atomic E-state index is 12.2. The van der Waals surface area contributed by atoms with E-state index in [0.717, 1.165) is 24.1 Å². The van der Waals surface area contributed by atoms with Crippen molar-refractivity contribution < 1.29 is 4.79 Å². The molecule has 0 radical (unpaired) electrons. The van der Waals surface area contributed by atoms with Gasteiger partial charge in [-0.25, -0.2) is 4.98 Å². The number of aryl methyl sites for hydroxylation is 2. The second-order valence-corrected chi connectivity index (χ2v) is 6.39. The van der Waals surface area contributed by atoms with Gasteiger partial charge in [-0.3, -0.25) is 4.79 Å². The van der Waals surface area contributed by atoms with Gasteiger partial charge in [0.2, 0.25) is 5.91 Å². The number of amides is 1. The highest BCUT2D eigenvalue weighted by Gasteiger charge is 2.08. The topological polar surface area (TPSA) is 50.2 Å². The Labute approximate surface area is 154 Å². The molecule has 0 aliphatic carbocycles. The zero-order valence-electron chi connectivity index (χ0n) is 15.5. The van der Waals surface area contributed by atoms with E-state index in [1.54, 1.807) is 6.33 Å². The molecule has 3 rings (SSSR count). The Kier molecular flexibility index (Phi) is 5.89. The Morgan fingerprint density at radius 3 is 2.73 bits per heavy atom. The fraction of sp³-hybridized carbons (Fsp3) is 0.333. The maximum Gasteiger partial charge on any atom is 0.221 e. The van der Waals surface area contributed by atoms with E-state index >= 15 is 0 Å². The molecule has 0 aliphatic rings. The summed E-state index contributed by atoms with van der Waals surface area (Å²) in [4.78, 5) is 18.8. The quantitative estimate of drug-likeness (QED) is 0.678. The highest BCUT2D eigenvalue weighted by atomic mass is 16.1. The SMILES string of the molecule is CCN(CCNC(=O)CCn1cnc2ccccc21)c1ccccc1C. The molecule has 1 N–H and O–H groups in total. The Morgan fingerprint density at radius 1 is 1.15 bits per heavy atom. The smallest absolute Gasteiger partial charge is 0.221 e. The molecule has 1 aromatic heterocycles. The molecule has 0 atom stereocenters. The lowest BCUT2D eigenvalue weighted by molar-refractivity contribution is -0.121. The van der Waals surface area contributed by atoms with Crippen LogP contribution in [0, 0.1) is 6.92 Å². The molecule has 0 saturated heterocycles. The fourth-order valence-corrected chi connectivity index (χ4v) is 3.20. The van der Waals surface area contributed by atoms with Crippen LogP contribution in [0.15, 0.2) is 54.9 Å². The molecule has 0 fully saturated rings. The Morgan fingerprint density at radius 2 is 1.92 bits per heavy atom. The van der Waals surface area contributed by atoms with Crippen LogP contribution in [0.1, 0.15) is 18.9 Å². The van der Waals surface area contributed by atoms with Crippen molar-refractivity contribution in [2.75, 3.05) is 24.5 Å². The number of likely N-dealkylation sites (N-methyl/N-ethyl adjacent to an activating group) is 1. The van der Waals surface area contributed by atoms with E-state index in [9.17, 15) is 4.79 Å². The Balaban J connectivity index is 1.47. The average molecular weight is 350 g/mol. The van der Waals surface area contributed by atoms with Crippen molar-refractivity contribution >= 4 is 22.6 Å². The number of benzene rings is 2. The summed E-state index contributed by atoms with van der Waals surface area (Å²) in [5, 5.41) is 3.03. The highest BCUT2D eigenvalue weighted by Crippen LogP contribution is 2.18. The van der Waals surface area contributed by atoms with Crippen molar-refractivity contribution in [2.24, 2.45) is 0 Å². The van der Waals surface area contributed by atoms with Gasteiger partial charge in [0.15, 0.2) is 0 Å². The van der Waals surface area contributed by atoms with Crippen LogP contribution in [0.2, 0.25) is 0 Å². The van der Waals surface area contributed by atoms with Crippen LogP contribution in [0.5, 0.6) is 0 Å². The number of para-hydroxylation sites is 3. The lowest BCUT2D eigenvalue weighted by Gasteiger charge is -2.25. The molecule has 1 heterocycles. The number of hydrogen-bond donors (Lipinski definition) is 1. The van der Waals surface area contributed by atoms with Gasteiger partial charge in [-0.1, -0.05) is 30.3 Å². The molecule has 26 heavy (non-hydrogen) atoms. The lowest BCUT2D eigenvalue weighted by atomic mass is 10.2. The molecule has 136 valence electrons. The van der Waals surface area contributed by atoms with Gasteiger partial charge in [0.05, 0.1) is 17.4 Å². The van der Waals surface area contributed by atoms with E-state index in [0.29, 0.717) is 19.5 Å². The molecule has 5 nitrogen and oxygen atoms in total. The number of aromatic nitrogens is 2. The van der Waals surface area contributed by atoms with Gasteiger partial charge in [0.25, 0.3) is 0 Å². The number of rotatable bonds is 8. The lowest BCUT2D eigenvalue weighted by Crippen LogP contribution is -2.35. The summed E-state index contributed by atoms with van der Waals surface area (Å²) in [7, 11) is 0. The number of carbonyl (C=O) groups is 1. The Bertz CT molecular complexity index is 871. The summed E-state index contributed by atoms with van der Waals surface area (Å²) in [6.07, 6.45) is 2.26. The average Bonchev–Trinajstić information content (AvgIpc) is 3.08. The van der Waals surface area contributed by atoms with Gasteiger partial charge in [0, 0.05) is 38.3 Å². The van der Waals surface area contributed by atoms with Gasteiger partial charge in [0.1, 0.15) is 0 Å². The predicted octanol–water partition coefficient (Wildman–Crippen LogP) is 3.38. The van der Waals surface area contributed by atoms with Gasteiger partial charge in [-0.15, -0.1) is 0 Å². The molecule has 5 heteroatoms. The second kappa shape index (κ2) is 8.52. The van der Waals surface area contributed by atoms with Crippen molar-refractivity contribution in [2.45, 2.75) is 26.8 Å². The van der Waals surface area contributed by atoms with E-state index in [1.165, 1.54) is 11.3 Å². The number of fused-ring (bicyclic) bond motifs is 1. The monoisotopic (exact) mass is 350 g/mol. The molecular formula is C21H26N4O. The van der Waals surface area contributed by atoms with Crippen molar-refractivity contribution in [1.82, 2.24) is 14.9 Å². The molecule has 2 aromatic carbocycles. The van der Waals surface area contributed by atoms with E-state index in [2.05, 4.69) is 47.2 Å². The number of nitrogens with zero attached hydrogens (tertiary/aromatic N) is 3. The number of imidazole rings is 1. The van der Waals surface area contributed by atoms with Crippen molar-refractivity contribution in [3.05, 3.63) is 60.4 Å². The van der Waals surface area contributed by atoms with Crippen LogP contribution >= 0.6 is 0 Å². The summed E-state index contributed by atoms with van der Waals surface area (Å²) >= 11 is 0. The number of nitrogens with one attached hydrogen (secondary N) is 1. The van der Waals surface area contributed by atoms with Crippen LogP contribution in [-0.2, 0) is 11.3 Å². The predicted molar refractivity (Wildman–Crippen MR) is 106 cm³/mol. The van der Waals surface area contributed by atoms with Crippen molar-refractivity contribution in [1.29, 1.82) is 0 Å². The maximum absolute atomic E-state index is 12.2. The first-order valence-electron chi connectivity index (χ1n) is 9.16. The molecule has 0 aliphatic heterocycles. The zero-order valence-corrected chi connectivity index (χ0v) is 15.5. The first kappa shape index (κ1) is 18.0. The molecule has 1 amide bonds. The molecule has 3 aromatic rings. The van der Waals surface area contributed by atoms with Crippen LogP contribution in [-0.4, -0.2) is 35.1 Å². The number of anilines is 1. The Hall–Kier alpha value is -2.82. The van der Waals surface area contributed by atoms with Crippen LogP contribution in [0.4, 0.5) is 5.69 Å². The van der Waals surface area contributed by atoms with Gasteiger partial charge in [-0.2, -0.15) is 0 Å². The normalized spacial score (nSPS) is 10.8. The van der Waals surface area contributed by atoms with Gasteiger partial charge < -0.3 is 14.8 Å². The van der Waals surface area contributed by atoms with Crippen LogP contribution in [0.25, 0.3) is 11.0 Å². The largest absolute Gasteiger partial charge is 0.370 e. The number of hydrogen-bond acceptors (Lipinski definition) is 3. The van der Waals surface area contributed by atoms with E-state index in [1.807, 2.05) is 34.9 Å². The minimum atomic E-state index is 0.0728. The molecule has 0 spiro atoms. The van der Waals surface area contributed by atoms with E-state index < -0.39 is 0 Å². The summed E-state index contributed by atoms with van der Waals surface area (Å²) in [6.45, 7) is 7.26. The third-order valence-electron chi connectivity index (χ3n) is 4.65. The summed E-state index contributed by atoms with van der Waals surface area (Å²) in [6, 6.07) is 16.3. The minimum Gasteiger partial charge on any atom is -0.370 e. The van der Waals surface area contributed by atoms with Gasteiger partial charge >= 0.3 is 0 Å². The van der Waals surface area contributed by atoms with Crippen molar-refractivity contribution in [3.8, 4) is 0 Å². The van der Waals surface area contributed by atoms with Crippen LogP contribution in [0.3, 0.4) is 0 Å². The van der Waals surface area contributed by atoms with E-state index in [-0.39, 0.29) is 5.91 Å². The molecule has 0 unspecified atom stereocenters.